The van der Waals surface area contributed by atoms with Gasteiger partial charge in [0, 0.05) is 24.2 Å². The van der Waals surface area contributed by atoms with Crippen LogP contribution in [0.3, 0.4) is 0 Å². The first-order chi connectivity index (χ1) is 12.7. The van der Waals surface area contributed by atoms with Gasteiger partial charge in [0.15, 0.2) is 5.96 Å². The van der Waals surface area contributed by atoms with E-state index in [1.807, 2.05) is 18.2 Å². The standard InChI is InChI=1S/C21H30N4O.HI/c1-2-22-21(25-18-11-5-6-12-18)23-15-16-8-7-13-19(14-16)24-20(26)17-9-3-4-10-17;/h5-8,13-14,17-18H,2-4,9-12,15H2,1H3,(H,24,26)(H2,22,23,25);1H. The van der Waals surface area contributed by atoms with Gasteiger partial charge in [0.2, 0.25) is 5.91 Å². The van der Waals surface area contributed by atoms with E-state index in [0.29, 0.717) is 12.6 Å². The lowest BCUT2D eigenvalue weighted by Gasteiger charge is -2.16. The van der Waals surface area contributed by atoms with E-state index in [1.165, 1.54) is 12.8 Å². The van der Waals surface area contributed by atoms with Crippen LogP contribution in [0.2, 0.25) is 0 Å². The van der Waals surface area contributed by atoms with Gasteiger partial charge in [-0.2, -0.15) is 0 Å². The van der Waals surface area contributed by atoms with Crippen LogP contribution in [0, 0.1) is 5.92 Å². The number of nitrogens with one attached hydrogen (secondary N) is 3. The predicted molar refractivity (Wildman–Crippen MR) is 123 cm³/mol. The Morgan fingerprint density at radius 1 is 1.19 bits per heavy atom. The van der Waals surface area contributed by atoms with Crippen molar-refractivity contribution in [2.75, 3.05) is 11.9 Å². The minimum atomic E-state index is 0. The SMILES string of the molecule is CCNC(=NCc1cccc(NC(=O)C2CCCC2)c1)NC1CC=CC1.I. The molecule has 148 valence electrons. The highest BCUT2D eigenvalue weighted by Crippen LogP contribution is 2.26. The molecule has 6 heteroatoms. The third-order valence-electron chi connectivity index (χ3n) is 5.03. The average Bonchev–Trinajstić information content (AvgIpc) is 3.34. The fourth-order valence-corrected chi connectivity index (χ4v) is 3.60. The minimum absolute atomic E-state index is 0. The molecule has 0 aliphatic heterocycles. The van der Waals surface area contributed by atoms with E-state index in [4.69, 9.17) is 4.99 Å². The maximum absolute atomic E-state index is 12.3. The Hall–Kier alpha value is -1.57. The van der Waals surface area contributed by atoms with Crippen molar-refractivity contribution in [1.82, 2.24) is 10.6 Å². The lowest BCUT2D eigenvalue weighted by Crippen LogP contribution is -2.42. The van der Waals surface area contributed by atoms with E-state index in [0.717, 1.165) is 49.4 Å². The number of nitrogens with zero attached hydrogens (tertiary/aromatic N) is 1. The Morgan fingerprint density at radius 2 is 1.93 bits per heavy atom. The van der Waals surface area contributed by atoms with Crippen LogP contribution in [0.1, 0.15) is 51.0 Å². The molecular formula is C21H31IN4O. The highest BCUT2D eigenvalue weighted by Gasteiger charge is 2.22. The first kappa shape index (κ1) is 21.7. The molecule has 0 saturated heterocycles. The molecule has 0 atom stereocenters. The van der Waals surface area contributed by atoms with Gasteiger partial charge in [0.05, 0.1) is 6.54 Å². The first-order valence-electron chi connectivity index (χ1n) is 9.84. The van der Waals surface area contributed by atoms with Crippen molar-refractivity contribution in [3.63, 3.8) is 0 Å². The van der Waals surface area contributed by atoms with Crippen molar-refractivity contribution in [2.24, 2.45) is 10.9 Å². The molecule has 1 amide bonds. The van der Waals surface area contributed by atoms with Crippen LogP contribution < -0.4 is 16.0 Å². The second-order valence-corrected chi connectivity index (χ2v) is 7.15. The molecule has 1 fully saturated rings. The van der Waals surface area contributed by atoms with E-state index in [9.17, 15) is 4.79 Å². The normalized spacial score (nSPS) is 17.6. The quantitative estimate of drug-likeness (QED) is 0.247. The number of carbonyl (C=O) groups excluding carboxylic acids is 1. The van der Waals surface area contributed by atoms with Gasteiger partial charge >= 0.3 is 0 Å². The van der Waals surface area contributed by atoms with Crippen LogP contribution in [0.4, 0.5) is 5.69 Å². The second-order valence-electron chi connectivity index (χ2n) is 7.15. The van der Waals surface area contributed by atoms with Gasteiger partial charge in [0.1, 0.15) is 0 Å². The number of guanidine groups is 1. The van der Waals surface area contributed by atoms with Crippen molar-refractivity contribution in [3.8, 4) is 0 Å². The van der Waals surface area contributed by atoms with Crippen molar-refractivity contribution in [1.29, 1.82) is 0 Å². The molecule has 0 unspecified atom stereocenters. The summed E-state index contributed by atoms with van der Waals surface area (Å²) in [4.78, 5) is 17.0. The number of carbonyl (C=O) groups is 1. The van der Waals surface area contributed by atoms with Crippen LogP contribution >= 0.6 is 24.0 Å². The third-order valence-corrected chi connectivity index (χ3v) is 5.03. The zero-order valence-electron chi connectivity index (χ0n) is 16.0. The first-order valence-corrected chi connectivity index (χ1v) is 9.84. The van der Waals surface area contributed by atoms with Crippen LogP contribution in [-0.2, 0) is 11.3 Å². The fourth-order valence-electron chi connectivity index (χ4n) is 3.60. The number of anilines is 1. The summed E-state index contributed by atoms with van der Waals surface area (Å²) >= 11 is 0. The summed E-state index contributed by atoms with van der Waals surface area (Å²) in [6.07, 6.45) is 10.9. The molecule has 5 nitrogen and oxygen atoms in total. The Kier molecular flexibility index (Phi) is 9.10. The largest absolute Gasteiger partial charge is 0.357 e. The number of hydrogen-bond acceptors (Lipinski definition) is 2. The molecule has 3 rings (SSSR count). The molecule has 2 aliphatic rings. The van der Waals surface area contributed by atoms with Crippen LogP contribution in [0.5, 0.6) is 0 Å². The van der Waals surface area contributed by atoms with Gasteiger partial charge in [0.25, 0.3) is 0 Å². The van der Waals surface area contributed by atoms with Gasteiger partial charge < -0.3 is 16.0 Å². The highest BCUT2D eigenvalue weighted by atomic mass is 127. The lowest BCUT2D eigenvalue weighted by molar-refractivity contribution is -0.119. The monoisotopic (exact) mass is 482 g/mol. The number of rotatable bonds is 6. The summed E-state index contributed by atoms with van der Waals surface area (Å²) in [5.41, 5.74) is 1.96. The van der Waals surface area contributed by atoms with Gasteiger partial charge in [-0.25, -0.2) is 4.99 Å². The molecule has 2 aliphatic carbocycles. The molecule has 3 N–H and O–H groups in total. The maximum atomic E-state index is 12.3. The van der Waals surface area contributed by atoms with E-state index < -0.39 is 0 Å². The number of aliphatic imine (C=N–C) groups is 1. The van der Waals surface area contributed by atoms with Gasteiger partial charge in [-0.3, -0.25) is 4.79 Å². The smallest absolute Gasteiger partial charge is 0.227 e. The summed E-state index contributed by atoms with van der Waals surface area (Å²) < 4.78 is 0. The molecule has 1 aromatic rings. The van der Waals surface area contributed by atoms with Crippen LogP contribution in [-0.4, -0.2) is 24.5 Å². The van der Waals surface area contributed by atoms with Crippen molar-refractivity contribution in [3.05, 3.63) is 42.0 Å². The molecular weight excluding hydrogens is 451 g/mol. The number of hydrogen-bond donors (Lipinski definition) is 3. The lowest BCUT2D eigenvalue weighted by atomic mass is 10.1. The average molecular weight is 482 g/mol. The van der Waals surface area contributed by atoms with Crippen molar-refractivity contribution in [2.45, 2.75) is 58.0 Å². The highest BCUT2D eigenvalue weighted by molar-refractivity contribution is 14.0. The van der Waals surface area contributed by atoms with E-state index >= 15 is 0 Å². The summed E-state index contributed by atoms with van der Waals surface area (Å²) in [6.45, 7) is 3.50. The van der Waals surface area contributed by atoms with E-state index in [1.54, 1.807) is 0 Å². The Morgan fingerprint density at radius 3 is 2.63 bits per heavy atom. The minimum Gasteiger partial charge on any atom is -0.357 e. The second kappa shape index (κ2) is 11.3. The Labute approximate surface area is 179 Å². The Balaban J connectivity index is 0.00000261. The molecule has 1 saturated carbocycles. The maximum Gasteiger partial charge on any atom is 0.227 e. The van der Waals surface area contributed by atoms with Crippen LogP contribution in [0.15, 0.2) is 41.4 Å². The molecule has 0 radical (unpaired) electrons. The van der Waals surface area contributed by atoms with Crippen molar-refractivity contribution >= 4 is 41.5 Å². The molecule has 1 aromatic carbocycles. The van der Waals surface area contributed by atoms with E-state index in [-0.39, 0.29) is 35.8 Å². The topological polar surface area (TPSA) is 65.5 Å². The Bertz CT molecular complexity index is 660. The number of benzene rings is 1. The van der Waals surface area contributed by atoms with Gasteiger partial charge in [-0.1, -0.05) is 37.1 Å². The van der Waals surface area contributed by atoms with Gasteiger partial charge in [-0.05, 0) is 50.3 Å². The summed E-state index contributed by atoms with van der Waals surface area (Å²) in [7, 11) is 0. The zero-order chi connectivity index (χ0) is 18.2. The molecule has 0 bridgehead atoms. The van der Waals surface area contributed by atoms with Gasteiger partial charge in [-0.15, -0.1) is 24.0 Å². The third kappa shape index (κ3) is 6.83. The van der Waals surface area contributed by atoms with E-state index in [2.05, 4.69) is 41.1 Å². The summed E-state index contributed by atoms with van der Waals surface area (Å²) in [5, 5.41) is 9.85. The number of halogens is 1. The van der Waals surface area contributed by atoms with Crippen LogP contribution in [0.25, 0.3) is 0 Å². The predicted octanol–water partition coefficient (Wildman–Crippen LogP) is 4.21. The van der Waals surface area contributed by atoms with Crippen molar-refractivity contribution < 1.29 is 4.79 Å². The summed E-state index contributed by atoms with van der Waals surface area (Å²) in [6, 6.07) is 8.45. The molecule has 0 heterocycles. The summed E-state index contributed by atoms with van der Waals surface area (Å²) in [5.74, 6) is 1.19. The molecule has 27 heavy (non-hydrogen) atoms. The molecule has 0 spiro atoms. The zero-order valence-corrected chi connectivity index (χ0v) is 18.4. The fraction of sp³-hybridized carbons (Fsp3) is 0.524. The molecule has 0 aromatic heterocycles. The number of amides is 1.